The van der Waals surface area contributed by atoms with E-state index in [-0.39, 0.29) is 5.91 Å². The highest BCUT2D eigenvalue weighted by Gasteiger charge is 2.10. The van der Waals surface area contributed by atoms with Crippen molar-refractivity contribution in [3.63, 3.8) is 0 Å². The second kappa shape index (κ2) is 7.14. The molecule has 0 saturated carbocycles. The number of nitrogen functional groups attached to an aromatic ring is 2. The van der Waals surface area contributed by atoms with E-state index in [2.05, 4.69) is 10.2 Å². The lowest BCUT2D eigenvalue weighted by molar-refractivity contribution is 0.0951. The van der Waals surface area contributed by atoms with Crippen LogP contribution in [-0.4, -0.2) is 37.0 Å². The topological polar surface area (TPSA) is 84.4 Å². The monoisotopic (exact) mass is 276 g/mol. The molecule has 5 heteroatoms. The van der Waals surface area contributed by atoms with Crippen molar-refractivity contribution in [2.45, 2.75) is 25.7 Å². The van der Waals surface area contributed by atoms with E-state index in [1.165, 1.54) is 32.4 Å². The van der Waals surface area contributed by atoms with Crippen LogP contribution in [0.5, 0.6) is 0 Å². The molecule has 0 atom stereocenters. The molecular formula is C15H24N4O. The molecule has 1 aliphatic heterocycles. The van der Waals surface area contributed by atoms with E-state index in [0.29, 0.717) is 23.5 Å². The zero-order valence-corrected chi connectivity index (χ0v) is 11.9. The number of hydrogen-bond acceptors (Lipinski definition) is 4. The van der Waals surface area contributed by atoms with Gasteiger partial charge in [-0.15, -0.1) is 0 Å². The number of likely N-dealkylation sites (tertiary alicyclic amines) is 1. The number of anilines is 2. The van der Waals surface area contributed by atoms with Crippen LogP contribution in [0.3, 0.4) is 0 Å². The van der Waals surface area contributed by atoms with Gasteiger partial charge in [0.15, 0.2) is 0 Å². The zero-order valence-electron chi connectivity index (χ0n) is 11.9. The highest BCUT2D eigenvalue weighted by atomic mass is 16.1. The van der Waals surface area contributed by atoms with Crippen LogP contribution in [0.15, 0.2) is 18.2 Å². The Morgan fingerprint density at radius 2 is 1.90 bits per heavy atom. The van der Waals surface area contributed by atoms with Crippen LogP contribution in [0.1, 0.15) is 36.0 Å². The third kappa shape index (κ3) is 4.13. The molecule has 5 N–H and O–H groups in total. The Hall–Kier alpha value is -1.75. The summed E-state index contributed by atoms with van der Waals surface area (Å²) in [5.74, 6) is -0.0876. The van der Waals surface area contributed by atoms with Crippen LogP contribution in [-0.2, 0) is 0 Å². The summed E-state index contributed by atoms with van der Waals surface area (Å²) in [6.45, 7) is 4.15. The number of piperidine rings is 1. The molecule has 0 radical (unpaired) electrons. The summed E-state index contributed by atoms with van der Waals surface area (Å²) in [6.07, 6.45) is 4.94. The lowest BCUT2D eigenvalue weighted by Gasteiger charge is -2.26. The first-order chi connectivity index (χ1) is 9.66. The minimum absolute atomic E-state index is 0.0876. The summed E-state index contributed by atoms with van der Waals surface area (Å²) < 4.78 is 0. The Morgan fingerprint density at radius 1 is 1.15 bits per heavy atom. The van der Waals surface area contributed by atoms with E-state index >= 15 is 0 Å². The molecule has 0 unspecified atom stereocenters. The fourth-order valence-corrected chi connectivity index (χ4v) is 2.51. The van der Waals surface area contributed by atoms with Crippen molar-refractivity contribution in [3.8, 4) is 0 Å². The molecule has 0 aliphatic carbocycles. The highest BCUT2D eigenvalue weighted by Crippen LogP contribution is 2.15. The van der Waals surface area contributed by atoms with E-state index < -0.39 is 0 Å². The van der Waals surface area contributed by atoms with Gasteiger partial charge in [0.05, 0.1) is 11.4 Å². The Bertz CT molecular complexity index is 455. The molecule has 2 rings (SSSR count). The second-order valence-corrected chi connectivity index (χ2v) is 5.36. The molecule has 1 aromatic rings. The fraction of sp³-hybridized carbons (Fsp3) is 0.533. The first kappa shape index (κ1) is 14.7. The minimum atomic E-state index is -0.0876. The summed E-state index contributed by atoms with van der Waals surface area (Å²) in [5, 5.41) is 2.92. The van der Waals surface area contributed by atoms with Gasteiger partial charge in [0.1, 0.15) is 0 Å². The van der Waals surface area contributed by atoms with Gasteiger partial charge in [-0.25, -0.2) is 0 Å². The summed E-state index contributed by atoms with van der Waals surface area (Å²) in [6, 6.07) is 4.99. The lowest BCUT2D eigenvalue weighted by Crippen LogP contribution is -2.33. The second-order valence-electron chi connectivity index (χ2n) is 5.36. The average Bonchev–Trinajstić information content (AvgIpc) is 2.47. The predicted molar refractivity (Wildman–Crippen MR) is 82.5 cm³/mol. The summed E-state index contributed by atoms with van der Waals surface area (Å²) in [4.78, 5) is 14.4. The Labute approximate surface area is 120 Å². The fourth-order valence-electron chi connectivity index (χ4n) is 2.51. The third-order valence-corrected chi connectivity index (χ3v) is 3.73. The summed E-state index contributed by atoms with van der Waals surface area (Å²) in [5.41, 5.74) is 12.9. The van der Waals surface area contributed by atoms with E-state index in [4.69, 9.17) is 11.5 Å². The van der Waals surface area contributed by atoms with Gasteiger partial charge in [-0.05, 0) is 57.1 Å². The van der Waals surface area contributed by atoms with Crippen LogP contribution in [0.4, 0.5) is 11.4 Å². The number of rotatable bonds is 5. The van der Waals surface area contributed by atoms with Crippen molar-refractivity contribution in [2.24, 2.45) is 0 Å². The van der Waals surface area contributed by atoms with Gasteiger partial charge in [-0.2, -0.15) is 0 Å². The van der Waals surface area contributed by atoms with Gasteiger partial charge in [0.25, 0.3) is 5.91 Å². The number of carbonyl (C=O) groups excluding carboxylic acids is 1. The van der Waals surface area contributed by atoms with Crippen molar-refractivity contribution in [3.05, 3.63) is 23.8 Å². The normalized spacial score (nSPS) is 16.0. The van der Waals surface area contributed by atoms with E-state index in [9.17, 15) is 4.79 Å². The van der Waals surface area contributed by atoms with Gasteiger partial charge >= 0.3 is 0 Å². The van der Waals surface area contributed by atoms with Gasteiger partial charge < -0.3 is 21.7 Å². The molecule has 1 amide bonds. The molecule has 5 nitrogen and oxygen atoms in total. The SMILES string of the molecule is Nc1ccc(C(=O)NCCCN2CCCCC2)cc1N. The molecule has 1 aliphatic rings. The van der Waals surface area contributed by atoms with Crippen molar-refractivity contribution >= 4 is 17.3 Å². The molecule has 1 saturated heterocycles. The Balaban J connectivity index is 1.70. The van der Waals surface area contributed by atoms with Gasteiger partial charge in [0.2, 0.25) is 0 Å². The van der Waals surface area contributed by atoms with Crippen LogP contribution < -0.4 is 16.8 Å². The molecule has 1 aromatic carbocycles. The molecule has 0 bridgehead atoms. The number of carbonyl (C=O) groups is 1. The molecular weight excluding hydrogens is 252 g/mol. The van der Waals surface area contributed by atoms with Crippen molar-refractivity contribution in [1.82, 2.24) is 10.2 Å². The summed E-state index contributed by atoms with van der Waals surface area (Å²) >= 11 is 0. The standard InChI is InChI=1S/C15H24N4O/c16-13-6-5-12(11-14(13)17)15(20)18-7-4-10-19-8-2-1-3-9-19/h5-6,11H,1-4,7-10,16-17H2,(H,18,20). The number of nitrogens with two attached hydrogens (primary N) is 2. The average molecular weight is 276 g/mol. The number of hydrogen-bond donors (Lipinski definition) is 3. The van der Waals surface area contributed by atoms with E-state index in [0.717, 1.165) is 13.0 Å². The quantitative estimate of drug-likeness (QED) is 0.561. The van der Waals surface area contributed by atoms with Crippen molar-refractivity contribution in [2.75, 3.05) is 37.6 Å². The molecule has 0 aromatic heterocycles. The van der Waals surface area contributed by atoms with Crippen LogP contribution >= 0.6 is 0 Å². The molecule has 0 spiro atoms. The summed E-state index contributed by atoms with van der Waals surface area (Å²) in [7, 11) is 0. The zero-order chi connectivity index (χ0) is 14.4. The van der Waals surface area contributed by atoms with Crippen LogP contribution in [0.2, 0.25) is 0 Å². The van der Waals surface area contributed by atoms with Gasteiger partial charge in [-0.1, -0.05) is 6.42 Å². The highest BCUT2D eigenvalue weighted by molar-refractivity contribution is 5.95. The molecule has 110 valence electrons. The largest absolute Gasteiger partial charge is 0.397 e. The number of nitrogens with zero attached hydrogens (tertiary/aromatic N) is 1. The minimum Gasteiger partial charge on any atom is -0.397 e. The lowest BCUT2D eigenvalue weighted by atomic mass is 10.1. The van der Waals surface area contributed by atoms with Crippen LogP contribution in [0.25, 0.3) is 0 Å². The van der Waals surface area contributed by atoms with Crippen LogP contribution in [0, 0.1) is 0 Å². The molecule has 20 heavy (non-hydrogen) atoms. The van der Waals surface area contributed by atoms with Crippen molar-refractivity contribution < 1.29 is 4.79 Å². The maximum absolute atomic E-state index is 11.9. The number of nitrogens with one attached hydrogen (secondary N) is 1. The maximum Gasteiger partial charge on any atom is 0.251 e. The number of benzene rings is 1. The first-order valence-corrected chi connectivity index (χ1v) is 7.32. The Kier molecular flexibility index (Phi) is 5.24. The smallest absolute Gasteiger partial charge is 0.251 e. The van der Waals surface area contributed by atoms with E-state index in [1.54, 1.807) is 18.2 Å². The maximum atomic E-state index is 11.9. The van der Waals surface area contributed by atoms with Crippen molar-refractivity contribution in [1.29, 1.82) is 0 Å². The molecule has 1 fully saturated rings. The Morgan fingerprint density at radius 3 is 2.60 bits per heavy atom. The molecule has 1 heterocycles. The first-order valence-electron chi connectivity index (χ1n) is 7.32. The van der Waals surface area contributed by atoms with Gasteiger partial charge in [0, 0.05) is 12.1 Å². The van der Waals surface area contributed by atoms with E-state index in [1.807, 2.05) is 0 Å². The van der Waals surface area contributed by atoms with Gasteiger partial charge in [-0.3, -0.25) is 4.79 Å². The number of amides is 1. The third-order valence-electron chi connectivity index (χ3n) is 3.73. The predicted octanol–water partition coefficient (Wildman–Crippen LogP) is 1.46.